The number of nitrogens with one attached hydrogen (secondary N) is 1. The SMILES string of the molecule is CCC1COCCN1C(C)CCNCC(C)C. The standard InChI is InChI=1S/C14H30N2O/c1-5-14-11-17-9-8-16(14)13(4)6-7-15-10-12(2)3/h12-15H,5-11H2,1-4H3. The van der Waals surface area contributed by atoms with E-state index in [1.807, 2.05) is 0 Å². The van der Waals surface area contributed by atoms with Crippen LogP contribution in [0.4, 0.5) is 0 Å². The Bertz CT molecular complexity index is 197. The Hall–Kier alpha value is -0.120. The first-order valence-electron chi connectivity index (χ1n) is 7.19. The lowest BCUT2D eigenvalue weighted by Crippen LogP contribution is -2.50. The summed E-state index contributed by atoms with van der Waals surface area (Å²) in [7, 11) is 0. The normalized spacial score (nSPS) is 24.2. The molecule has 3 nitrogen and oxygen atoms in total. The number of hydrogen-bond acceptors (Lipinski definition) is 3. The fraction of sp³-hybridized carbons (Fsp3) is 1.00. The quantitative estimate of drug-likeness (QED) is 0.692. The van der Waals surface area contributed by atoms with Gasteiger partial charge in [0.05, 0.1) is 13.2 Å². The molecule has 17 heavy (non-hydrogen) atoms. The second kappa shape index (κ2) is 8.06. The molecule has 2 atom stereocenters. The van der Waals surface area contributed by atoms with Gasteiger partial charge in [-0.25, -0.2) is 0 Å². The van der Waals surface area contributed by atoms with Gasteiger partial charge < -0.3 is 10.1 Å². The van der Waals surface area contributed by atoms with Crippen LogP contribution < -0.4 is 5.32 Å². The molecule has 0 radical (unpaired) electrons. The summed E-state index contributed by atoms with van der Waals surface area (Å²) in [5.74, 6) is 0.747. The summed E-state index contributed by atoms with van der Waals surface area (Å²) in [5.41, 5.74) is 0. The number of nitrogens with zero attached hydrogens (tertiary/aromatic N) is 1. The zero-order valence-corrected chi connectivity index (χ0v) is 12.0. The predicted octanol–water partition coefficient (Wildman–Crippen LogP) is 2.12. The van der Waals surface area contributed by atoms with E-state index in [4.69, 9.17) is 4.74 Å². The fourth-order valence-electron chi connectivity index (χ4n) is 2.47. The number of ether oxygens (including phenoxy) is 1. The third kappa shape index (κ3) is 5.36. The van der Waals surface area contributed by atoms with E-state index in [0.717, 1.165) is 38.8 Å². The van der Waals surface area contributed by atoms with Gasteiger partial charge in [0.1, 0.15) is 0 Å². The van der Waals surface area contributed by atoms with E-state index in [0.29, 0.717) is 12.1 Å². The summed E-state index contributed by atoms with van der Waals surface area (Å²) >= 11 is 0. The summed E-state index contributed by atoms with van der Waals surface area (Å²) in [4.78, 5) is 2.63. The van der Waals surface area contributed by atoms with E-state index < -0.39 is 0 Å². The summed E-state index contributed by atoms with van der Waals surface area (Å²) in [6.07, 6.45) is 2.44. The van der Waals surface area contributed by atoms with Gasteiger partial charge in [-0.05, 0) is 38.8 Å². The number of hydrogen-bond donors (Lipinski definition) is 1. The van der Waals surface area contributed by atoms with Gasteiger partial charge in [-0.2, -0.15) is 0 Å². The molecule has 1 N–H and O–H groups in total. The molecule has 1 fully saturated rings. The average Bonchev–Trinajstić information content (AvgIpc) is 2.34. The fourth-order valence-corrected chi connectivity index (χ4v) is 2.47. The molecule has 0 spiro atoms. The van der Waals surface area contributed by atoms with Crippen LogP contribution in [0.2, 0.25) is 0 Å². The third-order valence-corrected chi connectivity index (χ3v) is 3.60. The molecule has 0 aromatic rings. The largest absolute Gasteiger partial charge is 0.378 e. The van der Waals surface area contributed by atoms with Crippen LogP contribution in [0.3, 0.4) is 0 Å². The summed E-state index contributed by atoms with van der Waals surface area (Å²) < 4.78 is 5.55. The smallest absolute Gasteiger partial charge is 0.0622 e. The predicted molar refractivity (Wildman–Crippen MR) is 73.4 cm³/mol. The molecule has 1 heterocycles. The van der Waals surface area contributed by atoms with Crippen molar-refractivity contribution in [2.45, 2.75) is 52.6 Å². The van der Waals surface area contributed by atoms with Crippen molar-refractivity contribution in [1.82, 2.24) is 10.2 Å². The Kier molecular flexibility index (Phi) is 7.09. The molecule has 1 saturated heterocycles. The maximum Gasteiger partial charge on any atom is 0.0622 e. The number of rotatable bonds is 7. The van der Waals surface area contributed by atoms with E-state index in [9.17, 15) is 0 Å². The molecule has 0 bridgehead atoms. The molecular formula is C14H30N2O. The highest BCUT2D eigenvalue weighted by Gasteiger charge is 2.25. The van der Waals surface area contributed by atoms with Gasteiger partial charge in [0.25, 0.3) is 0 Å². The van der Waals surface area contributed by atoms with Crippen molar-refractivity contribution in [2.75, 3.05) is 32.8 Å². The summed E-state index contributed by atoms with van der Waals surface area (Å²) in [6.45, 7) is 14.3. The molecule has 102 valence electrons. The topological polar surface area (TPSA) is 24.5 Å². The second-order valence-corrected chi connectivity index (χ2v) is 5.61. The molecule has 2 unspecified atom stereocenters. The lowest BCUT2D eigenvalue weighted by Gasteiger charge is -2.39. The van der Waals surface area contributed by atoms with E-state index >= 15 is 0 Å². The van der Waals surface area contributed by atoms with Crippen LogP contribution >= 0.6 is 0 Å². The first-order valence-corrected chi connectivity index (χ1v) is 7.19. The Labute approximate surface area is 107 Å². The second-order valence-electron chi connectivity index (χ2n) is 5.61. The van der Waals surface area contributed by atoms with Crippen LogP contribution in [0.1, 0.15) is 40.5 Å². The van der Waals surface area contributed by atoms with Crippen molar-refractivity contribution >= 4 is 0 Å². The third-order valence-electron chi connectivity index (χ3n) is 3.60. The zero-order valence-electron chi connectivity index (χ0n) is 12.0. The van der Waals surface area contributed by atoms with Crippen molar-refractivity contribution in [3.63, 3.8) is 0 Å². The Balaban J connectivity index is 2.22. The Morgan fingerprint density at radius 3 is 2.76 bits per heavy atom. The highest BCUT2D eigenvalue weighted by Crippen LogP contribution is 2.15. The molecule has 0 amide bonds. The molecule has 1 aliphatic heterocycles. The first kappa shape index (κ1) is 14.9. The summed E-state index contributed by atoms with van der Waals surface area (Å²) in [6, 6.07) is 1.30. The molecule has 1 aliphatic rings. The molecular weight excluding hydrogens is 212 g/mol. The lowest BCUT2D eigenvalue weighted by atomic mass is 10.1. The minimum Gasteiger partial charge on any atom is -0.378 e. The van der Waals surface area contributed by atoms with Crippen molar-refractivity contribution < 1.29 is 4.74 Å². The highest BCUT2D eigenvalue weighted by molar-refractivity contribution is 4.79. The maximum absolute atomic E-state index is 5.55. The number of morpholine rings is 1. The van der Waals surface area contributed by atoms with Crippen molar-refractivity contribution in [2.24, 2.45) is 5.92 Å². The minimum atomic E-state index is 0.629. The molecule has 0 saturated carbocycles. The van der Waals surface area contributed by atoms with E-state index in [-0.39, 0.29) is 0 Å². The highest BCUT2D eigenvalue weighted by atomic mass is 16.5. The van der Waals surface area contributed by atoms with Gasteiger partial charge in [0.2, 0.25) is 0 Å². The van der Waals surface area contributed by atoms with Crippen LogP contribution in [0.5, 0.6) is 0 Å². The van der Waals surface area contributed by atoms with Crippen molar-refractivity contribution in [1.29, 1.82) is 0 Å². The lowest BCUT2D eigenvalue weighted by molar-refractivity contribution is -0.0279. The van der Waals surface area contributed by atoms with Crippen LogP contribution in [0, 0.1) is 5.92 Å². The van der Waals surface area contributed by atoms with Gasteiger partial charge in [-0.1, -0.05) is 20.8 Å². The van der Waals surface area contributed by atoms with Gasteiger partial charge in [-0.3, -0.25) is 4.90 Å². The van der Waals surface area contributed by atoms with Gasteiger partial charge in [0.15, 0.2) is 0 Å². The minimum absolute atomic E-state index is 0.629. The van der Waals surface area contributed by atoms with Crippen molar-refractivity contribution in [3.8, 4) is 0 Å². The molecule has 1 rings (SSSR count). The molecule has 3 heteroatoms. The summed E-state index contributed by atoms with van der Waals surface area (Å²) in [5, 5.41) is 3.53. The van der Waals surface area contributed by atoms with E-state index in [2.05, 4.69) is 37.9 Å². The van der Waals surface area contributed by atoms with Gasteiger partial charge in [0, 0.05) is 18.6 Å². The molecule has 0 aromatic carbocycles. The molecule has 0 aromatic heterocycles. The van der Waals surface area contributed by atoms with E-state index in [1.54, 1.807) is 0 Å². The van der Waals surface area contributed by atoms with Crippen LogP contribution in [-0.4, -0.2) is 49.8 Å². The maximum atomic E-state index is 5.55. The Morgan fingerprint density at radius 2 is 2.12 bits per heavy atom. The van der Waals surface area contributed by atoms with E-state index in [1.165, 1.54) is 12.8 Å². The van der Waals surface area contributed by atoms with Crippen LogP contribution in [-0.2, 0) is 4.74 Å². The zero-order chi connectivity index (χ0) is 12.7. The van der Waals surface area contributed by atoms with Gasteiger partial charge >= 0.3 is 0 Å². The Morgan fingerprint density at radius 1 is 1.35 bits per heavy atom. The molecule has 0 aliphatic carbocycles. The average molecular weight is 242 g/mol. The van der Waals surface area contributed by atoms with Gasteiger partial charge in [-0.15, -0.1) is 0 Å². The monoisotopic (exact) mass is 242 g/mol. The first-order chi connectivity index (χ1) is 8.15. The van der Waals surface area contributed by atoms with Crippen molar-refractivity contribution in [3.05, 3.63) is 0 Å². The van der Waals surface area contributed by atoms with Crippen LogP contribution in [0.25, 0.3) is 0 Å². The van der Waals surface area contributed by atoms with Crippen LogP contribution in [0.15, 0.2) is 0 Å².